The molecule has 20 heavy (non-hydrogen) atoms. The van der Waals surface area contributed by atoms with Gasteiger partial charge in [-0.15, -0.1) is 0 Å². The number of rotatable bonds is 5. The van der Waals surface area contributed by atoms with Crippen LogP contribution < -0.4 is 11.1 Å². The third-order valence-electron chi connectivity index (χ3n) is 2.42. The van der Waals surface area contributed by atoms with Gasteiger partial charge in [-0.2, -0.15) is 0 Å². The predicted molar refractivity (Wildman–Crippen MR) is 86.9 cm³/mol. The summed E-state index contributed by atoms with van der Waals surface area (Å²) in [5, 5.41) is 3.21. The minimum Gasteiger partial charge on any atom is -0.384 e. The molecule has 0 aliphatic heterocycles. The second-order valence-electron chi connectivity index (χ2n) is 3.98. The van der Waals surface area contributed by atoms with Gasteiger partial charge in [0.1, 0.15) is 18.2 Å². The number of halogens is 2. The first-order valence-electron chi connectivity index (χ1n) is 6.01. The van der Waals surface area contributed by atoms with E-state index in [1.165, 1.54) is 0 Å². The van der Waals surface area contributed by atoms with Gasteiger partial charge in [-0.1, -0.05) is 15.9 Å². The fraction of sp³-hybridized carbons (Fsp3) is 0.231. The third-order valence-corrected chi connectivity index (χ3v) is 3.60. The Bertz CT molecular complexity index is 607. The summed E-state index contributed by atoms with van der Waals surface area (Å²) in [5.74, 6) is 1.59. The topological polar surface area (TPSA) is 73.1 Å². The Labute approximate surface area is 134 Å². The molecule has 1 heterocycles. The SMILES string of the molecule is CCOCc1nc(N)cc(Nc2cc(Br)ccc2Br)n1. The van der Waals surface area contributed by atoms with Crippen molar-refractivity contribution in [2.45, 2.75) is 13.5 Å². The Morgan fingerprint density at radius 2 is 2.05 bits per heavy atom. The number of nitrogens with zero attached hydrogens (tertiary/aromatic N) is 2. The molecule has 0 saturated heterocycles. The van der Waals surface area contributed by atoms with Gasteiger partial charge in [0.15, 0.2) is 5.82 Å². The molecule has 0 atom stereocenters. The first-order valence-corrected chi connectivity index (χ1v) is 7.60. The van der Waals surface area contributed by atoms with Crippen LogP contribution in [0.15, 0.2) is 33.2 Å². The van der Waals surface area contributed by atoms with E-state index in [1.54, 1.807) is 6.07 Å². The molecular formula is C13H14Br2N4O. The van der Waals surface area contributed by atoms with Crippen LogP contribution in [0.4, 0.5) is 17.3 Å². The van der Waals surface area contributed by atoms with Crippen LogP contribution in [-0.2, 0) is 11.3 Å². The zero-order chi connectivity index (χ0) is 14.5. The summed E-state index contributed by atoms with van der Waals surface area (Å²) in [5.41, 5.74) is 6.67. The van der Waals surface area contributed by atoms with Crippen molar-refractivity contribution in [2.24, 2.45) is 0 Å². The van der Waals surface area contributed by atoms with E-state index in [9.17, 15) is 0 Å². The molecule has 0 aliphatic rings. The Balaban J connectivity index is 2.24. The third kappa shape index (κ3) is 4.16. The molecule has 0 spiro atoms. The molecule has 3 N–H and O–H groups in total. The van der Waals surface area contributed by atoms with Crippen molar-refractivity contribution in [1.82, 2.24) is 9.97 Å². The van der Waals surface area contributed by atoms with Gasteiger partial charge in [0.2, 0.25) is 0 Å². The van der Waals surface area contributed by atoms with Crippen LogP contribution in [0.1, 0.15) is 12.7 Å². The fourth-order valence-electron chi connectivity index (χ4n) is 1.57. The number of anilines is 3. The summed E-state index contributed by atoms with van der Waals surface area (Å²) in [6.45, 7) is 2.87. The van der Waals surface area contributed by atoms with E-state index in [0.717, 1.165) is 14.6 Å². The first kappa shape index (κ1) is 15.2. The largest absolute Gasteiger partial charge is 0.384 e. The molecule has 2 rings (SSSR count). The van der Waals surface area contributed by atoms with Crippen molar-refractivity contribution in [1.29, 1.82) is 0 Å². The van der Waals surface area contributed by atoms with Crippen LogP contribution in [0.5, 0.6) is 0 Å². The summed E-state index contributed by atoms with van der Waals surface area (Å²) < 4.78 is 7.20. The Hall–Kier alpha value is -1.18. The van der Waals surface area contributed by atoms with Gasteiger partial charge >= 0.3 is 0 Å². The zero-order valence-corrected chi connectivity index (χ0v) is 14.0. The lowest BCUT2D eigenvalue weighted by atomic mass is 10.3. The van der Waals surface area contributed by atoms with Gasteiger partial charge in [0.05, 0.1) is 5.69 Å². The van der Waals surface area contributed by atoms with Crippen LogP contribution >= 0.6 is 31.9 Å². The second-order valence-corrected chi connectivity index (χ2v) is 5.75. The van der Waals surface area contributed by atoms with E-state index in [0.29, 0.717) is 30.7 Å². The van der Waals surface area contributed by atoms with E-state index in [-0.39, 0.29) is 0 Å². The van der Waals surface area contributed by atoms with Crippen LogP contribution in [0.25, 0.3) is 0 Å². The summed E-state index contributed by atoms with van der Waals surface area (Å²) >= 11 is 6.92. The standard InChI is InChI=1S/C13H14Br2N4O/c1-2-20-7-13-18-11(16)6-12(19-13)17-10-5-8(14)3-4-9(10)15/h3-6H,2,7H2,1H3,(H3,16,17,18,19). The molecule has 2 aromatic rings. The quantitative estimate of drug-likeness (QED) is 0.795. The minimum absolute atomic E-state index is 0.343. The Morgan fingerprint density at radius 1 is 1.25 bits per heavy atom. The Morgan fingerprint density at radius 3 is 2.80 bits per heavy atom. The highest BCUT2D eigenvalue weighted by Gasteiger charge is 2.06. The highest BCUT2D eigenvalue weighted by molar-refractivity contribution is 9.11. The lowest BCUT2D eigenvalue weighted by molar-refractivity contribution is 0.128. The minimum atomic E-state index is 0.343. The van der Waals surface area contributed by atoms with Crippen molar-refractivity contribution < 1.29 is 4.74 Å². The molecule has 0 unspecified atom stereocenters. The van der Waals surface area contributed by atoms with Gasteiger partial charge < -0.3 is 15.8 Å². The molecule has 0 amide bonds. The zero-order valence-electron chi connectivity index (χ0n) is 10.9. The van der Waals surface area contributed by atoms with Crippen molar-refractivity contribution in [3.8, 4) is 0 Å². The molecule has 0 bridgehead atoms. The van der Waals surface area contributed by atoms with Gasteiger partial charge in [-0.3, -0.25) is 0 Å². The summed E-state index contributed by atoms with van der Waals surface area (Å²) in [4.78, 5) is 8.51. The van der Waals surface area contributed by atoms with E-state index < -0.39 is 0 Å². The first-order chi connectivity index (χ1) is 9.58. The highest BCUT2D eigenvalue weighted by Crippen LogP contribution is 2.28. The van der Waals surface area contributed by atoms with Crippen LogP contribution in [0, 0.1) is 0 Å². The number of ether oxygens (including phenoxy) is 1. The monoisotopic (exact) mass is 400 g/mol. The number of nitrogens with two attached hydrogens (primary N) is 1. The maximum atomic E-state index is 5.79. The summed E-state index contributed by atoms with van der Waals surface area (Å²) in [6.07, 6.45) is 0. The lowest BCUT2D eigenvalue weighted by Crippen LogP contribution is -2.05. The van der Waals surface area contributed by atoms with Crippen molar-refractivity contribution in [3.63, 3.8) is 0 Å². The van der Waals surface area contributed by atoms with Crippen LogP contribution in [-0.4, -0.2) is 16.6 Å². The average Bonchev–Trinajstić information content (AvgIpc) is 2.40. The maximum absolute atomic E-state index is 5.79. The van der Waals surface area contributed by atoms with Gasteiger partial charge in [-0.05, 0) is 41.1 Å². The van der Waals surface area contributed by atoms with E-state index >= 15 is 0 Å². The number of hydrogen-bond donors (Lipinski definition) is 2. The average molecular weight is 402 g/mol. The molecule has 0 aliphatic carbocycles. The normalized spacial score (nSPS) is 10.6. The van der Waals surface area contributed by atoms with Crippen molar-refractivity contribution >= 4 is 49.2 Å². The summed E-state index contributed by atoms with van der Waals surface area (Å²) in [6, 6.07) is 7.52. The molecule has 0 radical (unpaired) electrons. The molecule has 0 saturated carbocycles. The van der Waals surface area contributed by atoms with Crippen LogP contribution in [0.3, 0.4) is 0 Å². The fourth-order valence-corrected chi connectivity index (χ4v) is 2.28. The molecule has 7 heteroatoms. The van der Waals surface area contributed by atoms with Gasteiger partial charge in [0, 0.05) is 21.6 Å². The molecule has 5 nitrogen and oxygen atoms in total. The smallest absolute Gasteiger partial charge is 0.158 e. The molecule has 0 fully saturated rings. The van der Waals surface area contributed by atoms with E-state index in [4.69, 9.17) is 10.5 Å². The number of nitrogen functional groups attached to an aromatic ring is 1. The Kier molecular flexibility index (Phi) is 5.33. The molecule has 1 aromatic carbocycles. The second kappa shape index (κ2) is 7.01. The predicted octanol–water partition coefficient (Wildman–Crippen LogP) is 3.86. The number of aromatic nitrogens is 2. The van der Waals surface area contributed by atoms with E-state index in [1.807, 2.05) is 25.1 Å². The van der Waals surface area contributed by atoms with E-state index in [2.05, 4.69) is 47.1 Å². The maximum Gasteiger partial charge on any atom is 0.158 e. The van der Waals surface area contributed by atoms with Gasteiger partial charge in [0.25, 0.3) is 0 Å². The number of hydrogen-bond acceptors (Lipinski definition) is 5. The van der Waals surface area contributed by atoms with Crippen LogP contribution in [0.2, 0.25) is 0 Å². The molecule has 1 aromatic heterocycles. The number of benzene rings is 1. The number of nitrogens with one attached hydrogen (secondary N) is 1. The lowest BCUT2D eigenvalue weighted by Gasteiger charge is -2.10. The van der Waals surface area contributed by atoms with Crippen molar-refractivity contribution in [2.75, 3.05) is 17.7 Å². The van der Waals surface area contributed by atoms with Crippen molar-refractivity contribution in [3.05, 3.63) is 39.0 Å². The van der Waals surface area contributed by atoms with Gasteiger partial charge in [-0.25, -0.2) is 9.97 Å². The molecular weight excluding hydrogens is 388 g/mol. The summed E-state index contributed by atoms with van der Waals surface area (Å²) in [7, 11) is 0. The molecule has 106 valence electrons. The highest BCUT2D eigenvalue weighted by atomic mass is 79.9.